The Hall–Kier alpha value is -0.650. The van der Waals surface area contributed by atoms with Gasteiger partial charge in [0.25, 0.3) is 0 Å². The lowest BCUT2D eigenvalue weighted by atomic mass is 10.00. The van der Waals surface area contributed by atoms with E-state index in [1.165, 1.54) is 0 Å². The van der Waals surface area contributed by atoms with Crippen LogP contribution in [0.5, 0.6) is 0 Å². The average Bonchev–Trinajstić information content (AvgIpc) is 2.40. The summed E-state index contributed by atoms with van der Waals surface area (Å²) in [4.78, 5) is 13.7. The van der Waals surface area contributed by atoms with Gasteiger partial charge in [0.2, 0.25) is 0 Å². The molecule has 5 heteroatoms. The van der Waals surface area contributed by atoms with E-state index < -0.39 is 11.5 Å². The molecule has 0 aliphatic carbocycles. The van der Waals surface area contributed by atoms with Crippen LogP contribution in [-0.4, -0.2) is 60.9 Å². The lowest BCUT2D eigenvalue weighted by molar-refractivity contribution is -0.145. The molecule has 0 radical (unpaired) electrons. The van der Waals surface area contributed by atoms with Crippen molar-refractivity contribution in [3.63, 3.8) is 0 Å². The van der Waals surface area contributed by atoms with Gasteiger partial charge in [0.15, 0.2) is 0 Å². The Morgan fingerprint density at radius 3 is 2.53 bits per heavy atom. The van der Waals surface area contributed by atoms with E-state index in [4.69, 9.17) is 4.74 Å². The van der Waals surface area contributed by atoms with Crippen LogP contribution in [-0.2, 0) is 9.53 Å². The minimum Gasteiger partial charge on any atom is -0.480 e. The van der Waals surface area contributed by atoms with Gasteiger partial charge in [0, 0.05) is 26.2 Å². The topological polar surface area (TPSA) is 61.8 Å². The second-order valence-electron chi connectivity index (χ2n) is 5.28. The Morgan fingerprint density at radius 1 is 1.47 bits per heavy atom. The molecule has 114 valence electrons. The Kier molecular flexibility index (Phi) is 8.97. The van der Waals surface area contributed by atoms with Crippen LogP contribution in [0.25, 0.3) is 0 Å². The lowest BCUT2D eigenvalue weighted by Crippen LogP contribution is -2.58. The van der Waals surface area contributed by atoms with Crippen LogP contribution in [0.4, 0.5) is 0 Å². The first-order valence-electron chi connectivity index (χ1n) is 7.12. The molecule has 2 N–H and O–H groups in total. The van der Waals surface area contributed by atoms with E-state index in [0.29, 0.717) is 25.7 Å². The molecule has 0 saturated heterocycles. The van der Waals surface area contributed by atoms with E-state index in [0.717, 1.165) is 19.4 Å². The van der Waals surface area contributed by atoms with Gasteiger partial charge in [-0.3, -0.25) is 9.69 Å². The van der Waals surface area contributed by atoms with E-state index in [9.17, 15) is 9.90 Å². The first-order valence-corrected chi connectivity index (χ1v) is 7.12. The van der Waals surface area contributed by atoms with E-state index in [2.05, 4.69) is 24.1 Å². The van der Waals surface area contributed by atoms with Gasteiger partial charge < -0.3 is 15.2 Å². The van der Waals surface area contributed by atoms with E-state index in [-0.39, 0.29) is 0 Å². The number of nitrogens with zero attached hydrogens (tertiary/aromatic N) is 1. The highest BCUT2D eigenvalue weighted by molar-refractivity contribution is 5.78. The van der Waals surface area contributed by atoms with Crippen LogP contribution in [0.1, 0.15) is 40.5 Å². The van der Waals surface area contributed by atoms with Crippen molar-refractivity contribution in [3.05, 3.63) is 0 Å². The second kappa shape index (κ2) is 9.28. The maximum Gasteiger partial charge on any atom is 0.324 e. The number of methoxy groups -OCH3 is 1. The van der Waals surface area contributed by atoms with Crippen molar-refractivity contribution in [2.45, 2.75) is 52.1 Å². The zero-order chi connectivity index (χ0) is 14.9. The number of carboxylic acid groups (broad SMARTS) is 1. The van der Waals surface area contributed by atoms with Crippen molar-refractivity contribution in [1.29, 1.82) is 0 Å². The summed E-state index contributed by atoms with van der Waals surface area (Å²) in [6.45, 7) is 10.6. The van der Waals surface area contributed by atoms with Crippen molar-refractivity contribution in [3.8, 4) is 0 Å². The highest BCUT2D eigenvalue weighted by Crippen LogP contribution is 2.12. The highest BCUT2D eigenvalue weighted by atomic mass is 16.5. The van der Waals surface area contributed by atoms with Gasteiger partial charge in [-0.2, -0.15) is 0 Å². The zero-order valence-corrected chi connectivity index (χ0v) is 13.0. The van der Waals surface area contributed by atoms with Gasteiger partial charge in [-0.25, -0.2) is 0 Å². The Balaban J connectivity index is 4.76. The van der Waals surface area contributed by atoms with Gasteiger partial charge in [-0.15, -0.1) is 0 Å². The van der Waals surface area contributed by atoms with E-state index in [1.807, 2.05) is 6.92 Å². The van der Waals surface area contributed by atoms with Crippen molar-refractivity contribution in [1.82, 2.24) is 10.2 Å². The summed E-state index contributed by atoms with van der Waals surface area (Å²) in [5.41, 5.74) is -0.910. The highest BCUT2D eigenvalue weighted by Gasteiger charge is 2.35. The zero-order valence-electron chi connectivity index (χ0n) is 13.0. The van der Waals surface area contributed by atoms with Crippen molar-refractivity contribution in [2.75, 3.05) is 33.4 Å². The molecule has 0 aliphatic rings. The van der Waals surface area contributed by atoms with Crippen LogP contribution in [0.3, 0.4) is 0 Å². The summed E-state index contributed by atoms with van der Waals surface area (Å²) in [6, 6.07) is 0.345. The molecule has 0 spiro atoms. The molecule has 0 heterocycles. The molecule has 0 aromatic heterocycles. The summed E-state index contributed by atoms with van der Waals surface area (Å²) < 4.78 is 5.11. The molecule has 0 aliphatic heterocycles. The molecular weight excluding hydrogens is 244 g/mol. The quantitative estimate of drug-likeness (QED) is 0.599. The molecule has 0 fully saturated rings. The standard InChI is InChI=1S/C14H30N2O3/c1-6-8-15-14(4,13(17)18)11-16(9-10-19-5)12(3)7-2/h12,15H,6-11H2,1-5H3,(H,17,18). The van der Waals surface area contributed by atoms with Gasteiger partial charge in [-0.05, 0) is 33.2 Å². The molecule has 0 rings (SSSR count). The third kappa shape index (κ3) is 6.36. The maximum absolute atomic E-state index is 11.5. The molecule has 0 aromatic carbocycles. The number of hydrogen-bond donors (Lipinski definition) is 2. The minimum atomic E-state index is -0.910. The third-order valence-corrected chi connectivity index (χ3v) is 3.55. The molecule has 0 aromatic rings. The van der Waals surface area contributed by atoms with Crippen LogP contribution < -0.4 is 5.32 Å². The summed E-state index contributed by atoms with van der Waals surface area (Å²) >= 11 is 0. The van der Waals surface area contributed by atoms with Crippen LogP contribution in [0.15, 0.2) is 0 Å². The molecule has 0 saturated carbocycles. The first kappa shape index (κ1) is 18.4. The average molecular weight is 274 g/mol. The Bertz CT molecular complexity index is 261. The van der Waals surface area contributed by atoms with Gasteiger partial charge in [0.05, 0.1) is 6.61 Å². The number of carbonyl (C=O) groups is 1. The normalized spacial score (nSPS) is 16.3. The number of carboxylic acids is 1. The maximum atomic E-state index is 11.5. The first-order chi connectivity index (χ1) is 8.91. The molecule has 0 amide bonds. The number of hydrogen-bond acceptors (Lipinski definition) is 4. The van der Waals surface area contributed by atoms with Crippen molar-refractivity contribution < 1.29 is 14.6 Å². The predicted molar refractivity (Wildman–Crippen MR) is 77.5 cm³/mol. The molecule has 5 nitrogen and oxygen atoms in total. The largest absolute Gasteiger partial charge is 0.480 e. The monoisotopic (exact) mass is 274 g/mol. The number of ether oxygens (including phenoxy) is 1. The Labute approximate surface area is 117 Å². The summed E-state index contributed by atoms with van der Waals surface area (Å²) in [6.07, 6.45) is 1.91. The fraction of sp³-hybridized carbons (Fsp3) is 0.929. The number of nitrogens with one attached hydrogen (secondary N) is 1. The smallest absolute Gasteiger partial charge is 0.324 e. The number of rotatable bonds is 11. The van der Waals surface area contributed by atoms with Gasteiger partial charge >= 0.3 is 5.97 Å². The van der Waals surface area contributed by atoms with Crippen LogP contribution >= 0.6 is 0 Å². The Morgan fingerprint density at radius 2 is 2.11 bits per heavy atom. The SMILES string of the molecule is CCCNC(C)(CN(CCOC)C(C)CC)C(=O)O. The molecule has 19 heavy (non-hydrogen) atoms. The fourth-order valence-corrected chi connectivity index (χ4v) is 1.93. The minimum absolute atomic E-state index is 0.345. The second-order valence-corrected chi connectivity index (χ2v) is 5.28. The summed E-state index contributed by atoms with van der Waals surface area (Å²) in [5, 5.41) is 12.6. The van der Waals surface area contributed by atoms with E-state index in [1.54, 1.807) is 14.0 Å². The van der Waals surface area contributed by atoms with Gasteiger partial charge in [-0.1, -0.05) is 13.8 Å². The summed E-state index contributed by atoms with van der Waals surface area (Å²) in [7, 11) is 1.67. The predicted octanol–water partition coefficient (Wildman–Crippen LogP) is 1.58. The van der Waals surface area contributed by atoms with Gasteiger partial charge in [0.1, 0.15) is 5.54 Å². The van der Waals surface area contributed by atoms with Crippen LogP contribution in [0, 0.1) is 0 Å². The van der Waals surface area contributed by atoms with Crippen molar-refractivity contribution >= 4 is 5.97 Å². The van der Waals surface area contributed by atoms with E-state index >= 15 is 0 Å². The molecule has 0 bridgehead atoms. The lowest BCUT2D eigenvalue weighted by Gasteiger charge is -2.36. The molecule has 2 atom stereocenters. The molecular formula is C14H30N2O3. The van der Waals surface area contributed by atoms with Crippen molar-refractivity contribution in [2.24, 2.45) is 0 Å². The third-order valence-electron chi connectivity index (χ3n) is 3.55. The molecule has 2 unspecified atom stereocenters. The fourth-order valence-electron chi connectivity index (χ4n) is 1.93. The van der Waals surface area contributed by atoms with Crippen LogP contribution in [0.2, 0.25) is 0 Å². The summed E-state index contributed by atoms with van der Waals surface area (Å²) in [5.74, 6) is -0.799. The number of aliphatic carboxylic acids is 1.